The maximum atomic E-state index is 13.1. The highest BCUT2D eigenvalue weighted by Gasteiger charge is 2.76. The minimum absolute atomic E-state index is 0.245. The first kappa shape index (κ1) is 18.8. The molecule has 1 aromatic rings. The summed E-state index contributed by atoms with van der Waals surface area (Å²) >= 11 is 4.53. The predicted octanol–water partition coefficient (Wildman–Crippen LogP) is 4.52. The largest absolute Gasteiger partial charge is 0.460 e. The van der Waals surface area contributed by atoms with E-state index in [1.54, 1.807) is 0 Å². The number of thioether (sulfide) groups is 1. The molecule has 0 atom stereocenters. The van der Waals surface area contributed by atoms with Crippen molar-refractivity contribution in [2.45, 2.75) is 22.9 Å². The molecule has 0 saturated carbocycles. The van der Waals surface area contributed by atoms with Crippen LogP contribution in [0.5, 0.6) is 0 Å². The van der Waals surface area contributed by atoms with Crippen molar-refractivity contribution in [1.29, 1.82) is 0 Å². The van der Waals surface area contributed by atoms with Gasteiger partial charge in [0.25, 0.3) is 10.4 Å². The fourth-order valence-corrected chi connectivity index (χ4v) is 2.08. The summed E-state index contributed by atoms with van der Waals surface area (Å²) in [5, 5.41) is -3.74. The Balaban J connectivity index is 3.06. The number of carbonyl (C=O) groups excluding carboxylic acids is 2. The van der Waals surface area contributed by atoms with Crippen LogP contribution in [0.3, 0.4) is 0 Å². The lowest BCUT2D eigenvalue weighted by Crippen LogP contribution is -2.55. The monoisotopic (exact) mass is 368 g/mol. The van der Waals surface area contributed by atoms with Crippen molar-refractivity contribution in [3.8, 4) is 0 Å². The summed E-state index contributed by atoms with van der Waals surface area (Å²) in [6.07, 6.45) is -6.60. The van der Waals surface area contributed by atoms with Gasteiger partial charge in [-0.3, -0.25) is 9.59 Å². The van der Waals surface area contributed by atoms with Crippen molar-refractivity contribution < 1.29 is 40.3 Å². The van der Waals surface area contributed by atoms with E-state index in [-0.39, 0.29) is 5.56 Å². The second-order valence-corrected chi connectivity index (χ2v) is 5.23. The van der Waals surface area contributed by atoms with E-state index in [0.29, 0.717) is 0 Å². The van der Waals surface area contributed by atoms with Crippen molar-refractivity contribution in [1.82, 2.24) is 0 Å². The SMILES string of the molecule is O=C(Cl)c1cccc(SC(=O)C(F)(F)C(F)(F)C(F)(F)F)c1. The zero-order chi connectivity index (χ0) is 17.3. The van der Waals surface area contributed by atoms with Crippen LogP contribution in [0.4, 0.5) is 30.7 Å². The summed E-state index contributed by atoms with van der Waals surface area (Å²) in [6.45, 7) is 0. The minimum Gasteiger partial charge on any atom is -0.280 e. The fraction of sp³-hybridized carbons (Fsp3) is 0.273. The minimum atomic E-state index is -6.60. The van der Waals surface area contributed by atoms with Crippen LogP contribution in [-0.2, 0) is 4.79 Å². The van der Waals surface area contributed by atoms with Gasteiger partial charge in [-0.05, 0) is 35.5 Å². The molecule has 1 rings (SSSR count). The highest BCUT2D eigenvalue weighted by molar-refractivity contribution is 8.13. The molecule has 122 valence electrons. The molecule has 0 saturated heterocycles. The molecular formula is C11H4ClF7O2S. The Kier molecular flexibility index (Phi) is 5.18. The number of hydrogen-bond acceptors (Lipinski definition) is 3. The molecule has 0 heterocycles. The average molecular weight is 369 g/mol. The van der Waals surface area contributed by atoms with Gasteiger partial charge in [0.05, 0.1) is 0 Å². The molecule has 11 heteroatoms. The van der Waals surface area contributed by atoms with Crippen LogP contribution in [0, 0.1) is 0 Å². The summed E-state index contributed by atoms with van der Waals surface area (Å²) in [7, 11) is 0. The first-order valence-electron chi connectivity index (χ1n) is 5.15. The zero-order valence-electron chi connectivity index (χ0n) is 10.1. The second-order valence-electron chi connectivity index (χ2n) is 3.84. The Morgan fingerprint density at radius 2 is 1.55 bits per heavy atom. The molecule has 0 unspecified atom stereocenters. The lowest BCUT2D eigenvalue weighted by molar-refractivity contribution is -0.341. The van der Waals surface area contributed by atoms with Gasteiger partial charge in [0.15, 0.2) is 0 Å². The topological polar surface area (TPSA) is 34.1 Å². The van der Waals surface area contributed by atoms with Crippen LogP contribution in [0.1, 0.15) is 10.4 Å². The molecule has 0 N–H and O–H groups in total. The third-order valence-corrected chi connectivity index (χ3v) is 3.43. The zero-order valence-corrected chi connectivity index (χ0v) is 11.6. The van der Waals surface area contributed by atoms with Gasteiger partial charge in [0, 0.05) is 10.5 Å². The molecule has 0 aromatic heterocycles. The van der Waals surface area contributed by atoms with E-state index >= 15 is 0 Å². The summed E-state index contributed by atoms with van der Waals surface area (Å²) in [5.74, 6) is -12.5. The maximum Gasteiger partial charge on any atom is 0.460 e. The molecule has 0 aliphatic heterocycles. The van der Waals surface area contributed by atoms with Crippen molar-refractivity contribution >= 4 is 33.7 Å². The van der Waals surface area contributed by atoms with E-state index < -0.39 is 45.0 Å². The van der Waals surface area contributed by atoms with Gasteiger partial charge in [-0.25, -0.2) is 0 Å². The van der Waals surface area contributed by atoms with Crippen molar-refractivity contribution in [3.05, 3.63) is 29.8 Å². The third kappa shape index (κ3) is 3.54. The summed E-state index contributed by atoms with van der Waals surface area (Å²) in [4.78, 5) is 21.5. The quantitative estimate of drug-likeness (QED) is 0.445. The Hall–Kier alpha value is -1.29. The van der Waals surface area contributed by atoms with Crippen LogP contribution < -0.4 is 0 Å². The van der Waals surface area contributed by atoms with E-state index in [4.69, 9.17) is 11.6 Å². The fourth-order valence-electron chi connectivity index (χ4n) is 1.16. The van der Waals surface area contributed by atoms with Crippen molar-refractivity contribution in [3.63, 3.8) is 0 Å². The van der Waals surface area contributed by atoms with Gasteiger partial charge in [-0.2, -0.15) is 30.7 Å². The maximum absolute atomic E-state index is 13.1. The molecule has 0 aliphatic rings. The number of alkyl halides is 7. The summed E-state index contributed by atoms with van der Waals surface area (Å²) in [5.41, 5.74) is -0.245. The number of carbonyl (C=O) groups is 2. The van der Waals surface area contributed by atoms with E-state index in [1.807, 2.05) is 0 Å². The third-order valence-electron chi connectivity index (χ3n) is 2.28. The van der Waals surface area contributed by atoms with Crippen molar-refractivity contribution in [2.75, 3.05) is 0 Å². The summed E-state index contributed by atoms with van der Waals surface area (Å²) in [6, 6.07) is 3.99. The van der Waals surface area contributed by atoms with E-state index in [0.717, 1.165) is 24.3 Å². The lowest BCUT2D eigenvalue weighted by Gasteiger charge is -2.26. The van der Waals surface area contributed by atoms with Crippen LogP contribution in [-0.4, -0.2) is 28.4 Å². The van der Waals surface area contributed by atoms with Crippen LogP contribution in [0.15, 0.2) is 29.2 Å². The molecule has 22 heavy (non-hydrogen) atoms. The number of benzene rings is 1. The molecule has 1 aromatic carbocycles. The Bertz CT molecular complexity index is 600. The molecule has 0 aliphatic carbocycles. The van der Waals surface area contributed by atoms with Gasteiger partial charge >= 0.3 is 18.0 Å². The molecular weight excluding hydrogens is 365 g/mol. The molecule has 0 spiro atoms. The normalized spacial score (nSPS) is 13.1. The number of rotatable bonds is 4. The van der Waals surface area contributed by atoms with Gasteiger partial charge in [0.2, 0.25) is 0 Å². The van der Waals surface area contributed by atoms with Gasteiger partial charge in [-0.1, -0.05) is 12.1 Å². The highest BCUT2D eigenvalue weighted by Crippen LogP contribution is 2.49. The standard InChI is InChI=1S/C11H4ClF7O2S/c12-7(20)5-2-1-3-6(4-5)22-8(21)9(13,14)10(15,16)11(17,18)19/h1-4H. The first-order chi connectivity index (χ1) is 9.80. The molecule has 0 radical (unpaired) electrons. The van der Waals surface area contributed by atoms with Crippen LogP contribution in [0.2, 0.25) is 0 Å². The lowest BCUT2D eigenvalue weighted by atomic mass is 10.2. The number of hydrogen-bond donors (Lipinski definition) is 0. The Morgan fingerprint density at radius 1 is 1.00 bits per heavy atom. The molecule has 0 amide bonds. The Morgan fingerprint density at radius 3 is 2.00 bits per heavy atom. The van der Waals surface area contributed by atoms with E-state index in [9.17, 15) is 40.3 Å². The summed E-state index contributed by atoms with van der Waals surface area (Å²) < 4.78 is 87.4. The van der Waals surface area contributed by atoms with E-state index in [2.05, 4.69) is 0 Å². The highest BCUT2D eigenvalue weighted by atomic mass is 35.5. The molecule has 0 fully saturated rings. The predicted molar refractivity (Wildman–Crippen MR) is 63.4 cm³/mol. The first-order valence-corrected chi connectivity index (χ1v) is 6.34. The Labute approximate surface area is 127 Å². The van der Waals surface area contributed by atoms with Gasteiger partial charge in [0.1, 0.15) is 0 Å². The smallest absolute Gasteiger partial charge is 0.280 e. The van der Waals surface area contributed by atoms with Crippen LogP contribution >= 0.6 is 23.4 Å². The molecule has 2 nitrogen and oxygen atoms in total. The molecule has 0 bridgehead atoms. The van der Waals surface area contributed by atoms with Crippen molar-refractivity contribution in [2.24, 2.45) is 0 Å². The van der Waals surface area contributed by atoms with Crippen LogP contribution in [0.25, 0.3) is 0 Å². The average Bonchev–Trinajstić information content (AvgIpc) is 2.37. The van der Waals surface area contributed by atoms with Gasteiger partial charge in [-0.15, -0.1) is 0 Å². The van der Waals surface area contributed by atoms with Gasteiger partial charge < -0.3 is 0 Å². The number of halogens is 8. The van der Waals surface area contributed by atoms with E-state index in [1.165, 1.54) is 0 Å². The second kappa shape index (κ2) is 6.07.